The highest BCUT2D eigenvalue weighted by Crippen LogP contribution is 2.26. The van der Waals surface area contributed by atoms with Crippen LogP contribution in [-0.2, 0) is 4.79 Å². The summed E-state index contributed by atoms with van der Waals surface area (Å²) < 4.78 is 0. The minimum Gasteiger partial charge on any atom is -0.366 e. The largest absolute Gasteiger partial charge is 0.366 e. The van der Waals surface area contributed by atoms with E-state index in [-0.39, 0.29) is 0 Å². The van der Waals surface area contributed by atoms with E-state index in [4.69, 9.17) is 5.73 Å². The molecule has 0 aromatic heterocycles. The molecule has 0 unspecified atom stereocenters. The summed E-state index contributed by atoms with van der Waals surface area (Å²) in [7, 11) is 0. The molecule has 0 spiro atoms. The molecular weight excluding hydrogens is 238 g/mol. The summed E-state index contributed by atoms with van der Waals surface area (Å²) in [6, 6.07) is 7.98. The number of primary amides is 1. The lowest BCUT2D eigenvalue weighted by Gasteiger charge is -2.09. The third kappa shape index (κ3) is 2.33. The van der Waals surface area contributed by atoms with E-state index in [1.165, 1.54) is 6.08 Å². The summed E-state index contributed by atoms with van der Waals surface area (Å²) in [5.74, 6) is -0.434. The first-order valence-electron chi connectivity index (χ1n) is 6.03. The van der Waals surface area contributed by atoms with Crippen LogP contribution in [0.2, 0.25) is 0 Å². The summed E-state index contributed by atoms with van der Waals surface area (Å²) >= 11 is 0. The number of rotatable bonds is 2. The average Bonchev–Trinajstić information content (AvgIpc) is 2.70. The van der Waals surface area contributed by atoms with Gasteiger partial charge in [0.05, 0.1) is 5.36 Å². The molecule has 1 amide bonds. The first-order valence-corrected chi connectivity index (χ1v) is 6.03. The van der Waals surface area contributed by atoms with Crippen LogP contribution in [0.15, 0.2) is 65.1 Å². The second-order valence-electron chi connectivity index (χ2n) is 4.46. The van der Waals surface area contributed by atoms with Crippen molar-refractivity contribution >= 4 is 12.1 Å². The number of nitrogens with zero attached hydrogens (tertiary/aromatic N) is 2. The van der Waals surface area contributed by atoms with E-state index < -0.39 is 5.91 Å². The predicted molar refractivity (Wildman–Crippen MR) is 72.6 cm³/mol. The number of carbonyl (C=O) groups is 1. The number of fused-ring (bicyclic) bond motifs is 2. The van der Waals surface area contributed by atoms with Gasteiger partial charge in [-0.25, -0.2) is 0 Å². The summed E-state index contributed by atoms with van der Waals surface area (Å²) in [6.07, 6.45) is 9.77. The van der Waals surface area contributed by atoms with Crippen molar-refractivity contribution in [3.05, 3.63) is 70.7 Å². The Balaban J connectivity index is 1.99. The topological polar surface area (TPSA) is 58.7 Å². The molecule has 0 atom stereocenters. The fourth-order valence-corrected chi connectivity index (χ4v) is 2.14. The zero-order valence-electron chi connectivity index (χ0n) is 10.3. The number of para-hydroxylation sites is 1. The van der Waals surface area contributed by atoms with Crippen LogP contribution in [0.25, 0.3) is 6.20 Å². The summed E-state index contributed by atoms with van der Waals surface area (Å²) in [6.45, 7) is 0. The molecule has 2 N–H and O–H groups in total. The van der Waals surface area contributed by atoms with Crippen molar-refractivity contribution in [1.82, 2.24) is 4.90 Å². The van der Waals surface area contributed by atoms with Gasteiger partial charge < -0.3 is 10.6 Å². The molecule has 0 bridgehead atoms. The van der Waals surface area contributed by atoms with Gasteiger partial charge >= 0.3 is 0 Å². The fraction of sp³-hybridized carbons (Fsp3) is 0.0667. The number of allylic oxidation sites excluding steroid dienone is 2. The zero-order valence-corrected chi connectivity index (χ0v) is 10.3. The number of benzene rings is 1. The van der Waals surface area contributed by atoms with Crippen molar-refractivity contribution in [1.29, 1.82) is 0 Å². The maximum Gasteiger partial charge on any atom is 0.241 e. The summed E-state index contributed by atoms with van der Waals surface area (Å²) in [5.41, 5.74) is 7.22. The third-order valence-electron chi connectivity index (χ3n) is 3.05. The molecule has 2 aliphatic heterocycles. The molecule has 1 aromatic carbocycles. The van der Waals surface area contributed by atoms with E-state index >= 15 is 0 Å². The first kappa shape index (κ1) is 11.5. The lowest BCUT2D eigenvalue weighted by atomic mass is 10.2. The van der Waals surface area contributed by atoms with Gasteiger partial charge in [-0.15, -0.1) is 0 Å². The van der Waals surface area contributed by atoms with E-state index in [0.29, 0.717) is 0 Å². The van der Waals surface area contributed by atoms with Crippen LogP contribution in [0.4, 0.5) is 0 Å². The Morgan fingerprint density at radius 3 is 3.00 bits per heavy atom. The number of nitrogens with two attached hydrogens (primary N) is 1. The molecular formula is C15H13N3O. The molecule has 94 valence electrons. The first-order chi connectivity index (χ1) is 9.22. The van der Waals surface area contributed by atoms with Crippen molar-refractivity contribution in [3.8, 4) is 0 Å². The van der Waals surface area contributed by atoms with Crippen LogP contribution < -0.4 is 16.3 Å². The van der Waals surface area contributed by atoms with E-state index in [1.54, 1.807) is 6.08 Å². The highest BCUT2D eigenvalue weighted by Gasteiger charge is 2.16. The van der Waals surface area contributed by atoms with Gasteiger partial charge in [-0.05, 0) is 11.6 Å². The van der Waals surface area contributed by atoms with Crippen LogP contribution >= 0.6 is 0 Å². The number of hydrogen-bond acceptors (Lipinski definition) is 3. The van der Waals surface area contributed by atoms with Gasteiger partial charge in [0, 0.05) is 42.0 Å². The van der Waals surface area contributed by atoms with Crippen LogP contribution in [-0.4, -0.2) is 10.8 Å². The Kier molecular flexibility index (Phi) is 2.76. The normalized spacial score (nSPS) is 16.7. The van der Waals surface area contributed by atoms with Crippen LogP contribution in [0.5, 0.6) is 0 Å². The quantitative estimate of drug-likeness (QED) is 0.779. The molecule has 2 aliphatic rings. The molecule has 0 saturated heterocycles. The molecule has 0 aliphatic carbocycles. The number of hydrogen-bond donors (Lipinski definition) is 1. The van der Waals surface area contributed by atoms with Crippen LogP contribution in [0, 0.1) is 0 Å². The van der Waals surface area contributed by atoms with Crippen molar-refractivity contribution in [2.24, 2.45) is 10.7 Å². The van der Waals surface area contributed by atoms with E-state index in [1.807, 2.05) is 47.8 Å². The fourth-order valence-electron chi connectivity index (χ4n) is 2.14. The molecule has 2 heterocycles. The van der Waals surface area contributed by atoms with E-state index in [0.717, 1.165) is 28.3 Å². The molecule has 0 radical (unpaired) electrons. The van der Waals surface area contributed by atoms with Gasteiger partial charge in [0.2, 0.25) is 5.91 Å². The highest BCUT2D eigenvalue weighted by molar-refractivity contribution is 5.86. The Hall–Kier alpha value is -2.62. The van der Waals surface area contributed by atoms with E-state index in [2.05, 4.69) is 4.99 Å². The Morgan fingerprint density at radius 2 is 2.16 bits per heavy atom. The van der Waals surface area contributed by atoms with Gasteiger partial charge in [0.15, 0.2) is 0 Å². The SMILES string of the molecule is NC(=O)C=CC1=CN2C=c3ccccc3=NC=C2C1. The van der Waals surface area contributed by atoms with Crippen molar-refractivity contribution < 1.29 is 4.79 Å². The average molecular weight is 251 g/mol. The van der Waals surface area contributed by atoms with Gasteiger partial charge in [0.1, 0.15) is 0 Å². The minimum atomic E-state index is -0.434. The standard InChI is InChI=1S/C15H13N3O/c16-15(19)6-5-11-7-13-8-17-14-4-2-1-3-12(14)10-18(13)9-11/h1-6,8-10H,7H2,(H2,16,19). The lowest BCUT2D eigenvalue weighted by molar-refractivity contribution is -0.113. The Labute approximate surface area is 110 Å². The van der Waals surface area contributed by atoms with E-state index in [9.17, 15) is 4.79 Å². The monoisotopic (exact) mass is 251 g/mol. The van der Waals surface area contributed by atoms with Crippen molar-refractivity contribution in [3.63, 3.8) is 0 Å². The zero-order chi connectivity index (χ0) is 13.2. The predicted octanol–water partition coefficient (Wildman–Crippen LogP) is 0.530. The Morgan fingerprint density at radius 1 is 1.32 bits per heavy atom. The highest BCUT2D eigenvalue weighted by atomic mass is 16.1. The van der Waals surface area contributed by atoms with Crippen molar-refractivity contribution in [2.75, 3.05) is 0 Å². The third-order valence-corrected chi connectivity index (χ3v) is 3.05. The minimum absolute atomic E-state index is 0.434. The summed E-state index contributed by atoms with van der Waals surface area (Å²) in [4.78, 5) is 17.3. The lowest BCUT2D eigenvalue weighted by Crippen LogP contribution is -2.24. The molecule has 0 saturated carbocycles. The Bertz CT molecular complexity index is 741. The van der Waals surface area contributed by atoms with Crippen molar-refractivity contribution in [2.45, 2.75) is 6.42 Å². The summed E-state index contributed by atoms with van der Waals surface area (Å²) in [5, 5.41) is 2.04. The maximum atomic E-state index is 10.7. The van der Waals surface area contributed by atoms with Gasteiger partial charge in [-0.2, -0.15) is 0 Å². The van der Waals surface area contributed by atoms with Gasteiger partial charge in [0.25, 0.3) is 0 Å². The maximum absolute atomic E-state index is 10.7. The second kappa shape index (κ2) is 4.57. The molecule has 1 aromatic rings. The number of amides is 1. The molecule has 3 rings (SSSR count). The molecule has 0 fully saturated rings. The number of carbonyl (C=O) groups excluding carboxylic acids is 1. The van der Waals surface area contributed by atoms with Crippen LogP contribution in [0.1, 0.15) is 6.42 Å². The molecule has 19 heavy (non-hydrogen) atoms. The second-order valence-corrected chi connectivity index (χ2v) is 4.46. The smallest absolute Gasteiger partial charge is 0.241 e. The van der Waals surface area contributed by atoms with Crippen LogP contribution in [0.3, 0.4) is 0 Å². The molecule has 4 heteroatoms. The van der Waals surface area contributed by atoms with Gasteiger partial charge in [-0.3, -0.25) is 9.79 Å². The molecule has 4 nitrogen and oxygen atoms in total. The van der Waals surface area contributed by atoms with Gasteiger partial charge in [-0.1, -0.05) is 24.3 Å².